The Balaban J connectivity index is 1.84. The van der Waals surface area contributed by atoms with Crippen LogP contribution >= 0.6 is 0 Å². The number of aliphatic hydroxyl groups is 1. The first-order chi connectivity index (χ1) is 14.4. The van der Waals surface area contributed by atoms with E-state index in [1.54, 1.807) is 48.5 Å². The quantitative estimate of drug-likeness (QED) is 0.669. The van der Waals surface area contributed by atoms with Gasteiger partial charge in [0.1, 0.15) is 10.7 Å². The van der Waals surface area contributed by atoms with Crippen LogP contribution in [0.4, 0.5) is 4.39 Å². The number of hydrogen-bond acceptors (Lipinski definition) is 4. The summed E-state index contributed by atoms with van der Waals surface area (Å²) in [5, 5.41) is 10.6. The van der Waals surface area contributed by atoms with Crippen LogP contribution in [0.1, 0.15) is 17.2 Å². The van der Waals surface area contributed by atoms with Crippen molar-refractivity contribution in [3.05, 3.63) is 113 Å². The molecule has 0 unspecified atom stereocenters. The molecule has 3 aromatic carbocycles. The van der Waals surface area contributed by atoms with Crippen molar-refractivity contribution in [3.8, 4) is 0 Å². The number of halogens is 1. The molecule has 152 valence electrons. The van der Waals surface area contributed by atoms with E-state index in [4.69, 9.17) is 0 Å². The van der Waals surface area contributed by atoms with Crippen LogP contribution in [0, 0.1) is 5.82 Å². The molecule has 0 bridgehead atoms. The summed E-state index contributed by atoms with van der Waals surface area (Å²) in [6.07, 6.45) is 0. The second kappa shape index (κ2) is 7.76. The average Bonchev–Trinajstić information content (AvgIpc) is 3.02. The first kappa shape index (κ1) is 19.8. The number of benzene rings is 3. The number of sulfone groups is 1. The molecule has 0 spiro atoms. The molecule has 0 saturated carbocycles. The molecule has 0 fully saturated rings. The summed E-state index contributed by atoms with van der Waals surface area (Å²) in [5.74, 6) is -2.00. The molecular weight excluding hydrogens is 405 g/mol. The van der Waals surface area contributed by atoms with Gasteiger partial charge in [-0.15, -0.1) is 0 Å². The Morgan fingerprint density at radius 2 is 1.43 bits per heavy atom. The molecule has 1 N–H and O–H groups in total. The minimum absolute atomic E-state index is 0.0103. The van der Waals surface area contributed by atoms with Gasteiger partial charge in [0.2, 0.25) is 9.84 Å². The zero-order chi connectivity index (χ0) is 21.3. The lowest BCUT2D eigenvalue weighted by Crippen LogP contribution is -2.30. The van der Waals surface area contributed by atoms with E-state index in [2.05, 4.69) is 0 Å². The topological polar surface area (TPSA) is 74.7 Å². The van der Waals surface area contributed by atoms with Crippen molar-refractivity contribution in [1.29, 1.82) is 0 Å². The van der Waals surface area contributed by atoms with Gasteiger partial charge in [0.05, 0.1) is 10.9 Å². The Labute approximate surface area is 173 Å². The zero-order valence-corrected chi connectivity index (χ0v) is 16.6. The van der Waals surface area contributed by atoms with Crippen LogP contribution in [0.2, 0.25) is 0 Å². The Morgan fingerprint density at radius 1 is 0.867 bits per heavy atom. The third-order valence-corrected chi connectivity index (χ3v) is 6.87. The Bertz CT molecular complexity index is 1210. The Hall–Kier alpha value is -3.45. The van der Waals surface area contributed by atoms with Gasteiger partial charge in [0.25, 0.3) is 5.91 Å². The van der Waals surface area contributed by atoms with Gasteiger partial charge in [-0.25, -0.2) is 12.8 Å². The molecule has 1 heterocycles. The summed E-state index contributed by atoms with van der Waals surface area (Å²) >= 11 is 0. The molecule has 0 aromatic heterocycles. The number of carbonyl (C=O) groups excluding carboxylic acids is 1. The summed E-state index contributed by atoms with van der Waals surface area (Å²) in [6, 6.07) is 20.9. The second-order valence-electron chi connectivity index (χ2n) is 6.90. The highest BCUT2D eigenvalue weighted by molar-refractivity contribution is 7.95. The molecule has 7 heteroatoms. The minimum Gasteiger partial charge on any atom is -0.502 e. The van der Waals surface area contributed by atoms with Crippen molar-refractivity contribution in [1.82, 2.24) is 4.90 Å². The van der Waals surface area contributed by atoms with Crippen LogP contribution in [0.5, 0.6) is 0 Å². The largest absolute Gasteiger partial charge is 0.502 e. The fourth-order valence-electron chi connectivity index (χ4n) is 3.55. The molecule has 1 aliphatic rings. The third-order valence-electron chi connectivity index (χ3n) is 4.98. The van der Waals surface area contributed by atoms with Crippen molar-refractivity contribution in [2.45, 2.75) is 17.5 Å². The van der Waals surface area contributed by atoms with Crippen LogP contribution in [0.15, 0.2) is 100 Å². The van der Waals surface area contributed by atoms with Crippen LogP contribution < -0.4 is 0 Å². The SMILES string of the molecule is O=C1C(O)=C(S(=O)(=O)c2ccccc2)[C@H](c2ccccc2)N1Cc1ccc(F)cc1. The maximum absolute atomic E-state index is 13.4. The maximum Gasteiger partial charge on any atom is 0.290 e. The molecule has 0 saturated heterocycles. The van der Waals surface area contributed by atoms with Gasteiger partial charge in [-0.05, 0) is 35.4 Å². The third kappa shape index (κ3) is 3.48. The van der Waals surface area contributed by atoms with Crippen LogP contribution in [-0.4, -0.2) is 24.3 Å². The molecule has 0 radical (unpaired) electrons. The molecule has 3 aromatic rings. The number of hydrogen-bond donors (Lipinski definition) is 1. The Morgan fingerprint density at radius 3 is 2.03 bits per heavy atom. The molecule has 1 aliphatic heterocycles. The lowest BCUT2D eigenvalue weighted by atomic mass is 10.1. The minimum atomic E-state index is -4.14. The summed E-state index contributed by atoms with van der Waals surface area (Å²) < 4.78 is 40.0. The highest BCUT2D eigenvalue weighted by atomic mass is 32.2. The Kier molecular flexibility index (Phi) is 5.13. The van der Waals surface area contributed by atoms with E-state index >= 15 is 0 Å². The van der Waals surface area contributed by atoms with E-state index in [1.807, 2.05) is 0 Å². The average molecular weight is 423 g/mol. The van der Waals surface area contributed by atoms with E-state index in [1.165, 1.54) is 41.3 Å². The molecule has 1 atom stereocenters. The monoisotopic (exact) mass is 423 g/mol. The predicted molar refractivity (Wildman–Crippen MR) is 109 cm³/mol. The molecule has 1 amide bonds. The van der Waals surface area contributed by atoms with E-state index in [9.17, 15) is 22.7 Å². The molecule has 5 nitrogen and oxygen atoms in total. The maximum atomic E-state index is 13.4. The van der Waals surface area contributed by atoms with Gasteiger partial charge in [-0.2, -0.15) is 0 Å². The summed E-state index contributed by atoms with van der Waals surface area (Å²) in [5.41, 5.74) is 1.16. The number of nitrogens with zero attached hydrogens (tertiary/aromatic N) is 1. The normalized spacial score (nSPS) is 16.9. The van der Waals surface area contributed by atoms with Crippen LogP contribution in [-0.2, 0) is 21.2 Å². The predicted octanol–water partition coefficient (Wildman–Crippen LogP) is 4.15. The number of rotatable bonds is 5. The van der Waals surface area contributed by atoms with E-state index < -0.39 is 33.4 Å². The van der Waals surface area contributed by atoms with Gasteiger partial charge in [0, 0.05) is 6.54 Å². The zero-order valence-electron chi connectivity index (χ0n) is 15.8. The number of aliphatic hydroxyl groups excluding tert-OH is 1. The fourth-order valence-corrected chi connectivity index (χ4v) is 5.22. The van der Waals surface area contributed by atoms with Gasteiger partial charge in [0.15, 0.2) is 5.76 Å². The highest BCUT2D eigenvalue weighted by Gasteiger charge is 2.46. The van der Waals surface area contributed by atoms with Crippen LogP contribution in [0.3, 0.4) is 0 Å². The fraction of sp³-hybridized carbons (Fsp3) is 0.0870. The molecule has 4 rings (SSSR count). The first-order valence-corrected chi connectivity index (χ1v) is 10.7. The van der Waals surface area contributed by atoms with Crippen molar-refractivity contribution in [2.75, 3.05) is 0 Å². The van der Waals surface area contributed by atoms with E-state index in [-0.39, 0.29) is 16.3 Å². The van der Waals surface area contributed by atoms with Gasteiger partial charge in [-0.3, -0.25) is 4.79 Å². The number of amides is 1. The molecular formula is C23H18FNO4S. The van der Waals surface area contributed by atoms with Gasteiger partial charge < -0.3 is 10.0 Å². The van der Waals surface area contributed by atoms with Gasteiger partial charge >= 0.3 is 0 Å². The molecule has 30 heavy (non-hydrogen) atoms. The van der Waals surface area contributed by atoms with E-state index in [0.29, 0.717) is 11.1 Å². The lowest BCUT2D eigenvalue weighted by molar-refractivity contribution is -0.130. The standard InChI is InChI=1S/C23H18FNO4S/c24-18-13-11-16(12-14-18)15-25-20(17-7-3-1-4-8-17)22(21(26)23(25)27)30(28,29)19-9-5-2-6-10-19/h1-14,20,26H,15H2/t20-/m0/s1. The first-order valence-electron chi connectivity index (χ1n) is 9.23. The highest BCUT2D eigenvalue weighted by Crippen LogP contribution is 2.43. The van der Waals surface area contributed by atoms with Crippen LogP contribution in [0.25, 0.3) is 0 Å². The van der Waals surface area contributed by atoms with E-state index in [0.717, 1.165) is 0 Å². The second-order valence-corrected chi connectivity index (χ2v) is 8.82. The number of carbonyl (C=O) groups is 1. The summed E-state index contributed by atoms with van der Waals surface area (Å²) in [7, 11) is -4.14. The smallest absolute Gasteiger partial charge is 0.290 e. The summed E-state index contributed by atoms with van der Waals surface area (Å²) in [4.78, 5) is 13.8. The van der Waals surface area contributed by atoms with Gasteiger partial charge in [-0.1, -0.05) is 60.7 Å². The molecule has 0 aliphatic carbocycles. The van der Waals surface area contributed by atoms with Crippen molar-refractivity contribution < 1.29 is 22.7 Å². The van der Waals surface area contributed by atoms with Crippen molar-refractivity contribution >= 4 is 15.7 Å². The summed E-state index contributed by atoms with van der Waals surface area (Å²) in [6.45, 7) is 0.0105. The van der Waals surface area contributed by atoms with Crippen molar-refractivity contribution in [2.24, 2.45) is 0 Å². The van der Waals surface area contributed by atoms with Crippen molar-refractivity contribution in [3.63, 3.8) is 0 Å². The lowest BCUT2D eigenvalue weighted by Gasteiger charge is -2.27.